The van der Waals surface area contributed by atoms with E-state index >= 15 is 4.39 Å². The van der Waals surface area contributed by atoms with Gasteiger partial charge in [0, 0.05) is 6.04 Å². The number of hydrogen-bond acceptors (Lipinski definition) is 7. The Kier molecular flexibility index (Phi) is 5.59. The summed E-state index contributed by atoms with van der Waals surface area (Å²) in [6, 6.07) is 4.81. The van der Waals surface area contributed by atoms with E-state index in [4.69, 9.17) is 4.74 Å². The Morgan fingerprint density at radius 1 is 1.32 bits per heavy atom. The molecule has 11 heteroatoms. The number of aromatic nitrogens is 6. The van der Waals surface area contributed by atoms with Crippen LogP contribution in [0.3, 0.4) is 0 Å². The highest BCUT2D eigenvalue weighted by molar-refractivity contribution is 5.89. The maximum Gasteiger partial charge on any atom is 0.244 e. The number of hydrogen-bond donors (Lipinski definition) is 2. The summed E-state index contributed by atoms with van der Waals surface area (Å²) in [5.41, 5.74) is 1.77. The van der Waals surface area contributed by atoms with E-state index in [1.807, 2.05) is 6.92 Å². The maximum atomic E-state index is 15.2. The minimum Gasteiger partial charge on any atom is -0.479 e. The number of alkyl halides is 1. The molecular weight excluding hydrogens is 444 g/mol. The van der Waals surface area contributed by atoms with Crippen molar-refractivity contribution in [3.05, 3.63) is 30.2 Å². The standard InChI is InChI=1S/C23H27F2N7O2/c1-13(11-24)32-18-10-14(4-5-17(18)28-30-32)19-16(25)12-31-20(19)21(34-3)27-22(29-31)26-15-6-8-23(2,33)9-7-15/h4-5,10,12-13,15,33H,6-9,11H2,1-3H3,(H,26,29)/t13-,15?,23?/m0/s1. The van der Waals surface area contributed by atoms with Crippen molar-refractivity contribution in [3.8, 4) is 17.0 Å². The van der Waals surface area contributed by atoms with E-state index in [9.17, 15) is 9.50 Å². The molecule has 1 fully saturated rings. The molecule has 9 nitrogen and oxygen atoms in total. The van der Waals surface area contributed by atoms with E-state index in [2.05, 4.69) is 25.7 Å². The monoisotopic (exact) mass is 471 g/mol. The fourth-order valence-corrected chi connectivity index (χ4v) is 4.55. The summed E-state index contributed by atoms with van der Waals surface area (Å²) in [7, 11) is 1.48. The van der Waals surface area contributed by atoms with E-state index in [0.717, 1.165) is 12.8 Å². The first-order valence-corrected chi connectivity index (χ1v) is 11.3. The van der Waals surface area contributed by atoms with Gasteiger partial charge in [-0.05, 0) is 57.2 Å². The highest BCUT2D eigenvalue weighted by Gasteiger charge is 2.29. The van der Waals surface area contributed by atoms with Crippen LogP contribution in [0.5, 0.6) is 5.88 Å². The summed E-state index contributed by atoms with van der Waals surface area (Å²) < 4.78 is 36.9. The summed E-state index contributed by atoms with van der Waals surface area (Å²) in [5.74, 6) is 0.0605. The summed E-state index contributed by atoms with van der Waals surface area (Å²) in [5, 5.41) is 26.1. The Balaban J connectivity index is 1.55. The van der Waals surface area contributed by atoms with Gasteiger partial charge in [0.15, 0.2) is 5.82 Å². The molecule has 180 valence electrons. The molecule has 1 saturated carbocycles. The number of aliphatic hydroxyl groups is 1. The zero-order valence-electron chi connectivity index (χ0n) is 19.3. The van der Waals surface area contributed by atoms with Crippen LogP contribution in [0.15, 0.2) is 24.4 Å². The number of halogens is 2. The molecule has 0 bridgehead atoms. The van der Waals surface area contributed by atoms with E-state index in [-0.39, 0.29) is 17.5 Å². The molecule has 1 aliphatic rings. The van der Waals surface area contributed by atoms with Gasteiger partial charge in [-0.1, -0.05) is 11.3 Å². The first kappa shape index (κ1) is 22.5. The lowest BCUT2D eigenvalue weighted by molar-refractivity contribution is 0.0195. The van der Waals surface area contributed by atoms with Crippen LogP contribution in [-0.2, 0) is 0 Å². The van der Waals surface area contributed by atoms with Gasteiger partial charge in [0.1, 0.15) is 17.7 Å². The van der Waals surface area contributed by atoms with E-state index in [1.165, 1.54) is 22.5 Å². The molecule has 0 unspecified atom stereocenters. The predicted molar refractivity (Wildman–Crippen MR) is 123 cm³/mol. The van der Waals surface area contributed by atoms with Crippen LogP contribution in [0.2, 0.25) is 0 Å². The average molecular weight is 472 g/mol. The lowest BCUT2D eigenvalue weighted by atomic mass is 9.84. The number of nitrogens with zero attached hydrogens (tertiary/aromatic N) is 6. The molecule has 3 heterocycles. The Labute approximate surface area is 194 Å². The molecule has 4 aromatic rings. The molecule has 3 aromatic heterocycles. The van der Waals surface area contributed by atoms with E-state index in [1.54, 1.807) is 25.1 Å². The van der Waals surface area contributed by atoms with Crippen LogP contribution in [0, 0.1) is 5.82 Å². The molecular formula is C23H27F2N7O2. The Hall–Kier alpha value is -3.34. The summed E-state index contributed by atoms with van der Waals surface area (Å²) in [6.45, 7) is 2.95. The van der Waals surface area contributed by atoms with Crippen LogP contribution in [0.25, 0.3) is 27.7 Å². The number of ether oxygens (including phenoxy) is 1. The summed E-state index contributed by atoms with van der Waals surface area (Å²) >= 11 is 0. The van der Waals surface area contributed by atoms with Crippen molar-refractivity contribution >= 4 is 22.5 Å². The zero-order chi connectivity index (χ0) is 24.0. The first-order valence-electron chi connectivity index (χ1n) is 11.3. The van der Waals surface area contributed by atoms with Crippen LogP contribution in [-0.4, -0.2) is 60.1 Å². The van der Waals surface area contributed by atoms with Crippen LogP contribution >= 0.6 is 0 Å². The van der Waals surface area contributed by atoms with Gasteiger partial charge in [0.2, 0.25) is 11.8 Å². The lowest BCUT2D eigenvalue weighted by Crippen LogP contribution is -2.36. The molecule has 5 rings (SSSR count). The van der Waals surface area contributed by atoms with Crippen molar-refractivity contribution in [2.75, 3.05) is 19.1 Å². The Morgan fingerprint density at radius 2 is 2.09 bits per heavy atom. The normalized spacial score (nSPS) is 21.8. The number of methoxy groups -OCH3 is 1. The molecule has 0 radical (unpaired) electrons. The highest BCUT2D eigenvalue weighted by Crippen LogP contribution is 2.36. The number of anilines is 1. The largest absolute Gasteiger partial charge is 0.479 e. The number of nitrogens with one attached hydrogen (secondary N) is 1. The molecule has 0 amide bonds. The molecule has 1 aliphatic carbocycles. The number of benzene rings is 1. The topological polar surface area (TPSA) is 102 Å². The predicted octanol–water partition coefficient (Wildman–Crippen LogP) is 3.92. The second-order valence-electron chi connectivity index (χ2n) is 9.25. The van der Waals surface area contributed by atoms with Gasteiger partial charge in [-0.15, -0.1) is 10.2 Å². The third kappa shape index (κ3) is 3.93. The second kappa shape index (κ2) is 8.46. The van der Waals surface area contributed by atoms with Crippen molar-refractivity contribution < 1.29 is 18.6 Å². The third-order valence-electron chi connectivity index (χ3n) is 6.54. The van der Waals surface area contributed by atoms with Crippen molar-refractivity contribution in [2.24, 2.45) is 0 Å². The summed E-state index contributed by atoms with van der Waals surface area (Å²) in [4.78, 5) is 4.49. The zero-order valence-corrected chi connectivity index (χ0v) is 19.3. The fraction of sp³-hybridized carbons (Fsp3) is 0.478. The molecule has 0 spiro atoms. The van der Waals surface area contributed by atoms with Crippen LogP contribution in [0.1, 0.15) is 45.6 Å². The van der Waals surface area contributed by atoms with Crippen molar-refractivity contribution in [1.82, 2.24) is 29.6 Å². The Morgan fingerprint density at radius 3 is 2.79 bits per heavy atom. The maximum absolute atomic E-state index is 15.2. The quantitative estimate of drug-likeness (QED) is 0.439. The summed E-state index contributed by atoms with van der Waals surface area (Å²) in [6.07, 6.45) is 4.21. The average Bonchev–Trinajstić information content (AvgIpc) is 3.39. The van der Waals surface area contributed by atoms with Gasteiger partial charge in [0.05, 0.1) is 36.0 Å². The third-order valence-corrected chi connectivity index (χ3v) is 6.54. The van der Waals surface area contributed by atoms with Gasteiger partial charge in [-0.2, -0.15) is 4.98 Å². The van der Waals surface area contributed by atoms with E-state index < -0.39 is 24.1 Å². The van der Waals surface area contributed by atoms with Gasteiger partial charge in [0.25, 0.3) is 0 Å². The van der Waals surface area contributed by atoms with Crippen molar-refractivity contribution in [2.45, 2.75) is 57.2 Å². The molecule has 0 saturated heterocycles. The highest BCUT2D eigenvalue weighted by atomic mass is 19.1. The molecule has 1 atom stereocenters. The minimum atomic E-state index is -0.646. The minimum absolute atomic E-state index is 0.106. The van der Waals surface area contributed by atoms with Gasteiger partial charge < -0.3 is 15.2 Å². The van der Waals surface area contributed by atoms with Gasteiger partial charge in [-0.3, -0.25) is 0 Å². The number of rotatable bonds is 6. The fourth-order valence-electron chi connectivity index (χ4n) is 4.55. The van der Waals surface area contributed by atoms with Crippen molar-refractivity contribution in [3.63, 3.8) is 0 Å². The van der Waals surface area contributed by atoms with Gasteiger partial charge >= 0.3 is 0 Å². The second-order valence-corrected chi connectivity index (χ2v) is 9.25. The SMILES string of the molecule is COc1nc(NC2CCC(C)(O)CC2)nn2cc(F)c(-c3ccc4nnn([C@@H](C)CF)c4c3)c12. The van der Waals surface area contributed by atoms with Gasteiger partial charge in [-0.25, -0.2) is 18.0 Å². The van der Waals surface area contributed by atoms with Crippen LogP contribution in [0.4, 0.5) is 14.7 Å². The smallest absolute Gasteiger partial charge is 0.244 e. The lowest BCUT2D eigenvalue weighted by Gasteiger charge is -2.33. The van der Waals surface area contributed by atoms with Crippen LogP contribution < -0.4 is 10.1 Å². The molecule has 34 heavy (non-hydrogen) atoms. The first-order chi connectivity index (χ1) is 16.3. The van der Waals surface area contributed by atoms with E-state index in [0.29, 0.717) is 40.9 Å². The van der Waals surface area contributed by atoms with Crippen molar-refractivity contribution in [1.29, 1.82) is 0 Å². The Bertz CT molecular complexity index is 1340. The molecule has 0 aliphatic heterocycles. The molecule has 2 N–H and O–H groups in total. The number of fused-ring (bicyclic) bond motifs is 2. The molecule has 1 aromatic carbocycles.